The lowest BCUT2D eigenvalue weighted by Crippen LogP contribution is -2.51. The molecule has 0 radical (unpaired) electrons. The highest BCUT2D eigenvalue weighted by molar-refractivity contribution is 8.00. The zero-order chi connectivity index (χ0) is 15.5. The number of hydrogen-bond donors (Lipinski definition) is 1. The van der Waals surface area contributed by atoms with E-state index in [1.807, 2.05) is 0 Å². The molecule has 2 unspecified atom stereocenters. The summed E-state index contributed by atoms with van der Waals surface area (Å²) in [6.07, 6.45) is 6.90. The van der Waals surface area contributed by atoms with Crippen LogP contribution in [-0.4, -0.2) is 41.6 Å². The summed E-state index contributed by atoms with van der Waals surface area (Å²) in [7, 11) is 0. The summed E-state index contributed by atoms with van der Waals surface area (Å²) < 4.78 is 0. The maximum atomic E-state index is 6.19. The first-order valence-corrected chi connectivity index (χ1v) is 10.1. The van der Waals surface area contributed by atoms with Crippen molar-refractivity contribution in [2.75, 3.05) is 25.4 Å². The number of thioether (sulfide) groups is 1. The Labute approximate surface area is 136 Å². The topological polar surface area (TPSA) is 29.3 Å². The van der Waals surface area contributed by atoms with Crippen molar-refractivity contribution in [3.05, 3.63) is 0 Å². The average Bonchev–Trinajstić information content (AvgIpc) is 2.48. The van der Waals surface area contributed by atoms with Gasteiger partial charge in [-0.15, -0.1) is 0 Å². The number of nitrogens with two attached hydrogens (primary N) is 1. The zero-order valence-electron chi connectivity index (χ0n) is 14.6. The van der Waals surface area contributed by atoms with Crippen molar-refractivity contribution in [2.24, 2.45) is 23.0 Å². The molecule has 0 aromatic heterocycles. The smallest absolute Gasteiger partial charge is 0.0247 e. The van der Waals surface area contributed by atoms with Gasteiger partial charge < -0.3 is 5.73 Å². The van der Waals surface area contributed by atoms with Crippen LogP contribution in [0.2, 0.25) is 0 Å². The standard InChI is InChI=1S/C18H36N2S/c1-5-16-13-20(10-11-21-16)17(12-19)14-6-8-15(9-7-14)18(2,3)4/h14-17H,5-13,19H2,1-4H3. The first-order valence-electron chi connectivity index (χ1n) is 9.01. The second-order valence-corrected chi connectivity index (χ2v) is 9.59. The van der Waals surface area contributed by atoms with Gasteiger partial charge in [-0.2, -0.15) is 11.8 Å². The van der Waals surface area contributed by atoms with Gasteiger partial charge in [0, 0.05) is 36.7 Å². The molecule has 2 N–H and O–H groups in total. The van der Waals surface area contributed by atoms with E-state index in [1.165, 1.54) is 50.9 Å². The van der Waals surface area contributed by atoms with Gasteiger partial charge in [0.15, 0.2) is 0 Å². The lowest BCUT2D eigenvalue weighted by Gasteiger charge is -2.44. The summed E-state index contributed by atoms with van der Waals surface area (Å²) in [5.41, 5.74) is 6.68. The third-order valence-electron chi connectivity index (χ3n) is 5.88. The van der Waals surface area contributed by atoms with Crippen LogP contribution in [0.1, 0.15) is 59.8 Å². The molecule has 124 valence electrons. The summed E-state index contributed by atoms with van der Waals surface area (Å²) in [6.45, 7) is 12.9. The lowest BCUT2D eigenvalue weighted by atomic mass is 9.68. The molecule has 1 aliphatic carbocycles. The number of hydrogen-bond acceptors (Lipinski definition) is 3. The monoisotopic (exact) mass is 312 g/mol. The molecule has 2 atom stereocenters. The second kappa shape index (κ2) is 7.70. The van der Waals surface area contributed by atoms with Crippen molar-refractivity contribution >= 4 is 11.8 Å². The van der Waals surface area contributed by atoms with Gasteiger partial charge >= 0.3 is 0 Å². The van der Waals surface area contributed by atoms with E-state index in [4.69, 9.17) is 5.73 Å². The third-order valence-corrected chi connectivity index (χ3v) is 7.25. The molecule has 0 spiro atoms. The fourth-order valence-corrected chi connectivity index (χ4v) is 5.51. The van der Waals surface area contributed by atoms with Gasteiger partial charge in [0.05, 0.1) is 0 Å². The summed E-state index contributed by atoms with van der Waals surface area (Å²) in [5, 5.41) is 0.832. The van der Waals surface area contributed by atoms with Crippen LogP contribution in [-0.2, 0) is 0 Å². The van der Waals surface area contributed by atoms with Crippen LogP contribution >= 0.6 is 11.8 Å². The summed E-state index contributed by atoms with van der Waals surface area (Å²) >= 11 is 2.16. The molecule has 2 fully saturated rings. The molecule has 1 saturated carbocycles. The van der Waals surface area contributed by atoms with Crippen LogP contribution in [0.25, 0.3) is 0 Å². The van der Waals surface area contributed by atoms with Gasteiger partial charge in [0.25, 0.3) is 0 Å². The summed E-state index contributed by atoms with van der Waals surface area (Å²) in [4.78, 5) is 2.73. The van der Waals surface area contributed by atoms with Crippen LogP contribution in [0.5, 0.6) is 0 Å². The molecule has 1 heterocycles. The van der Waals surface area contributed by atoms with E-state index < -0.39 is 0 Å². The summed E-state index contributed by atoms with van der Waals surface area (Å²) in [5.74, 6) is 3.05. The van der Waals surface area contributed by atoms with Crippen molar-refractivity contribution in [1.29, 1.82) is 0 Å². The third kappa shape index (κ3) is 4.62. The maximum Gasteiger partial charge on any atom is 0.0247 e. The van der Waals surface area contributed by atoms with Gasteiger partial charge in [-0.1, -0.05) is 27.7 Å². The van der Waals surface area contributed by atoms with Gasteiger partial charge in [-0.3, -0.25) is 4.90 Å². The quantitative estimate of drug-likeness (QED) is 0.851. The SMILES string of the molecule is CCC1CN(C(CN)C2CCC(C(C)(C)C)CC2)CCS1. The molecule has 0 amide bonds. The van der Waals surface area contributed by atoms with E-state index >= 15 is 0 Å². The Balaban J connectivity index is 1.90. The fraction of sp³-hybridized carbons (Fsp3) is 1.00. The number of rotatable bonds is 4. The molecule has 2 aliphatic rings. The van der Waals surface area contributed by atoms with E-state index in [2.05, 4.69) is 44.4 Å². The number of nitrogens with zero attached hydrogens (tertiary/aromatic N) is 1. The van der Waals surface area contributed by atoms with E-state index in [1.54, 1.807) is 0 Å². The van der Waals surface area contributed by atoms with Crippen LogP contribution < -0.4 is 5.73 Å². The molecule has 21 heavy (non-hydrogen) atoms. The van der Waals surface area contributed by atoms with Crippen molar-refractivity contribution in [1.82, 2.24) is 4.90 Å². The molecule has 2 nitrogen and oxygen atoms in total. The molecule has 1 aliphatic heterocycles. The maximum absolute atomic E-state index is 6.19. The molecule has 3 heteroatoms. The van der Waals surface area contributed by atoms with Crippen LogP contribution in [0.3, 0.4) is 0 Å². The first-order chi connectivity index (χ1) is 9.95. The van der Waals surface area contributed by atoms with E-state index in [0.29, 0.717) is 11.5 Å². The molecule has 2 rings (SSSR count). The molecule has 0 aromatic carbocycles. The zero-order valence-corrected chi connectivity index (χ0v) is 15.4. The van der Waals surface area contributed by atoms with Gasteiger partial charge in [-0.25, -0.2) is 0 Å². The first kappa shape index (κ1) is 17.6. The predicted molar refractivity (Wildman–Crippen MR) is 95.9 cm³/mol. The minimum absolute atomic E-state index is 0.484. The Bertz CT molecular complexity index is 305. The Hall–Kier alpha value is 0.270. The Morgan fingerprint density at radius 3 is 2.38 bits per heavy atom. The van der Waals surface area contributed by atoms with E-state index in [-0.39, 0.29) is 0 Å². The van der Waals surface area contributed by atoms with Gasteiger partial charge in [0.2, 0.25) is 0 Å². The lowest BCUT2D eigenvalue weighted by molar-refractivity contribution is 0.0833. The van der Waals surface area contributed by atoms with Crippen molar-refractivity contribution in [2.45, 2.75) is 71.1 Å². The molecule has 0 bridgehead atoms. The highest BCUT2D eigenvalue weighted by Gasteiger charge is 2.35. The van der Waals surface area contributed by atoms with Gasteiger partial charge in [-0.05, 0) is 49.4 Å². The van der Waals surface area contributed by atoms with Crippen molar-refractivity contribution in [3.8, 4) is 0 Å². The summed E-state index contributed by atoms with van der Waals surface area (Å²) in [6, 6.07) is 0.640. The molecular formula is C18H36N2S. The highest BCUT2D eigenvalue weighted by Crippen LogP contribution is 2.41. The van der Waals surface area contributed by atoms with Crippen molar-refractivity contribution in [3.63, 3.8) is 0 Å². The fourth-order valence-electron chi connectivity index (χ4n) is 4.30. The minimum atomic E-state index is 0.484. The van der Waals surface area contributed by atoms with Crippen LogP contribution in [0.15, 0.2) is 0 Å². The molecule has 1 saturated heterocycles. The van der Waals surface area contributed by atoms with Gasteiger partial charge in [0.1, 0.15) is 0 Å². The Morgan fingerprint density at radius 1 is 1.19 bits per heavy atom. The highest BCUT2D eigenvalue weighted by atomic mass is 32.2. The Kier molecular flexibility index (Phi) is 6.46. The molecular weight excluding hydrogens is 276 g/mol. The predicted octanol–water partition coefficient (Wildman–Crippen LogP) is 3.99. The van der Waals surface area contributed by atoms with Crippen molar-refractivity contribution < 1.29 is 0 Å². The largest absolute Gasteiger partial charge is 0.329 e. The Morgan fingerprint density at radius 2 is 1.86 bits per heavy atom. The van der Waals surface area contributed by atoms with Crippen LogP contribution in [0.4, 0.5) is 0 Å². The average molecular weight is 313 g/mol. The minimum Gasteiger partial charge on any atom is -0.329 e. The normalized spacial score (nSPS) is 33.9. The van der Waals surface area contributed by atoms with E-state index in [9.17, 15) is 0 Å². The second-order valence-electron chi connectivity index (χ2n) is 8.18. The van der Waals surface area contributed by atoms with E-state index in [0.717, 1.165) is 23.6 Å². The van der Waals surface area contributed by atoms with Crippen LogP contribution in [0, 0.1) is 17.3 Å². The molecule has 0 aromatic rings.